The monoisotopic (exact) mass is 567 g/mol. The van der Waals surface area contributed by atoms with Crippen molar-refractivity contribution in [3.8, 4) is 5.75 Å². The van der Waals surface area contributed by atoms with E-state index in [0.29, 0.717) is 23.3 Å². The maximum absolute atomic E-state index is 13.2. The lowest BCUT2D eigenvalue weighted by molar-refractivity contribution is 0.304. The number of aryl methyl sites for hydroxylation is 1. The van der Waals surface area contributed by atoms with Gasteiger partial charge < -0.3 is 4.74 Å². The van der Waals surface area contributed by atoms with E-state index in [0.717, 1.165) is 25.8 Å². The third-order valence-electron chi connectivity index (χ3n) is 5.10. The zero-order valence-corrected chi connectivity index (χ0v) is 21.7. The van der Waals surface area contributed by atoms with Crippen molar-refractivity contribution in [2.45, 2.75) is 33.3 Å². The Morgan fingerprint density at radius 1 is 1.09 bits per heavy atom. The summed E-state index contributed by atoms with van der Waals surface area (Å²) in [6, 6.07) is 19.5. The van der Waals surface area contributed by atoms with Gasteiger partial charge in [0.1, 0.15) is 18.2 Å². The molecule has 0 radical (unpaired) electrons. The molecule has 0 amide bonds. The molecule has 7 heteroatoms. The Labute approximate surface area is 209 Å². The number of fused-ring (bicyclic) bond motifs is 1. The minimum Gasteiger partial charge on any atom is -0.488 e. The molecule has 0 aliphatic carbocycles. The second kappa shape index (κ2) is 10.0. The molecule has 0 spiro atoms. The summed E-state index contributed by atoms with van der Waals surface area (Å²) in [5.41, 5.74) is 3.62. The molecule has 33 heavy (non-hydrogen) atoms. The lowest BCUT2D eigenvalue weighted by Gasteiger charge is -2.12. The summed E-state index contributed by atoms with van der Waals surface area (Å²) in [4.78, 5) is 17.8. The van der Waals surface area contributed by atoms with Crippen molar-refractivity contribution in [2.24, 2.45) is 5.10 Å². The van der Waals surface area contributed by atoms with Crippen LogP contribution in [0.2, 0.25) is 0 Å². The third-order valence-corrected chi connectivity index (χ3v) is 6.22. The third kappa shape index (κ3) is 5.42. The van der Waals surface area contributed by atoms with Crippen molar-refractivity contribution in [2.75, 3.05) is 0 Å². The molecule has 4 rings (SSSR count). The number of halogens is 2. The zero-order chi connectivity index (χ0) is 23.5. The summed E-state index contributed by atoms with van der Waals surface area (Å²) < 4.78 is 8.99. The molecule has 0 atom stereocenters. The molecule has 168 valence electrons. The quantitative estimate of drug-likeness (QED) is 0.240. The molecule has 0 aliphatic rings. The number of nitrogens with zero attached hydrogens (tertiary/aromatic N) is 3. The molecule has 4 aromatic rings. The fourth-order valence-corrected chi connectivity index (χ4v) is 4.33. The molecule has 3 aromatic carbocycles. The van der Waals surface area contributed by atoms with Gasteiger partial charge in [0.05, 0.1) is 21.6 Å². The topological polar surface area (TPSA) is 56.5 Å². The van der Waals surface area contributed by atoms with Crippen LogP contribution in [0.5, 0.6) is 5.75 Å². The largest absolute Gasteiger partial charge is 0.488 e. The maximum Gasteiger partial charge on any atom is 0.282 e. The minimum absolute atomic E-state index is 0.0343. The fraction of sp³-hybridized carbons (Fsp3) is 0.192. The van der Waals surface area contributed by atoms with Crippen LogP contribution in [0.1, 0.15) is 42.3 Å². The Morgan fingerprint density at radius 2 is 1.91 bits per heavy atom. The molecule has 0 N–H and O–H groups in total. The number of benzene rings is 3. The molecule has 0 saturated carbocycles. The van der Waals surface area contributed by atoms with Gasteiger partial charge in [-0.05, 0) is 70.4 Å². The summed E-state index contributed by atoms with van der Waals surface area (Å²) in [5.74, 6) is 1.39. The molecule has 0 fully saturated rings. The van der Waals surface area contributed by atoms with Crippen LogP contribution in [-0.2, 0) is 6.61 Å². The van der Waals surface area contributed by atoms with Gasteiger partial charge in [-0.25, -0.2) is 4.98 Å². The van der Waals surface area contributed by atoms with Crippen molar-refractivity contribution in [1.29, 1.82) is 0 Å². The lowest BCUT2D eigenvalue weighted by Crippen LogP contribution is -2.23. The number of rotatable bonds is 6. The average Bonchev–Trinajstić information content (AvgIpc) is 2.78. The molecular weight excluding hydrogens is 546 g/mol. The van der Waals surface area contributed by atoms with Crippen molar-refractivity contribution >= 4 is 49.0 Å². The number of hydrogen-bond acceptors (Lipinski definition) is 4. The molecule has 1 heterocycles. The Balaban J connectivity index is 1.61. The van der Waals surface area contributed by atoms with Gasteiger partial charge in [0.2, 0.25) is 0 Å². The summed E-state index contributed by atoms with van der Waals surface area (Å²) in [6.07, 6.45) is 1.66. The summed E-state index contributed by atoms with van der Waals surface area (Å²) in [6.45, 7) is 6.54. The van der Waals surface area contributed by atoms with E-state index in [4.69, 9.17) is 4.74 Å². The highest BCUT2D eigenvalue weighted by Gasteiger charge is 2.14. The first-order valence-electron chi connectivity index (χ1n) is 10.6. The highest BCUT2D eigenvalue weighted by atomic mass is 79.9. The van der Waals surface area contributed by atoms with Crippen molar-refractivity contribution < 1.29 is 4.74 Å². The Bertz CT molecular complexity index is 1410. The van der Waals surface area contributed by atoms with E-state index in [1.54, 1.807) is 12.3 Å². The van der Waals surface area contributed by atoms with Crippen LogP contribution < -0.4 is 10.3 Å². The number of ether oxygens (including phenoxy) is 1. The predicted molar refractivity (Wildman–Crippen MR) is 140 cm³/mol. The lowest BCUT2D eigenvalue weighted by atomic mass is 10.1. The van der Waals surface area contributed by atoms with Gasteiger partial charge in [0, 0.05) is 10.4 Å². The molecule has 5 nitrogen and oxygen atoms in total. The molecule has 0 aliphatic heterocycles. The first kappa shape index (κ1) is 23.4. The van der Waals surface area contributed by atoms with Crippen LogP contribution in [0.4, 0.5) is 0 Å². The summed E-state index contributed by atoms with van der Waals surface area (Å²) in [5, 5.41) is 5.01. The SMILES string of the molecule is Cc1cccc(COc2ccc(C=Nn3c(C(C)C)nc4ccc(Br)cc4c3=O)cc2Br)c1. The fourth-order valence-electron chi connectivity index (χ4n) is 3.45. The summed E-state index contributed by atoms with van der Waals surface area (Å²) in [7, 11) is 0. The van der Waals surface area contributed by atoms with E-state index in [9.17, 15) is 4.79 Å². The highest BCUT2D eigenvalue weighted by molar-refractivity contribution is 9.10. The molecule has 1 aromatic heterocycles. The number of hydrogen-bond donors (Lipinski definition) is 0. The Hall–Kier alpha value is -2.77. The smallest absolute Gasteiger partial charge is 0.282 e. The predicted octanol–water partition coefficient (Wildman–Crippen LogP) is 6.81. The van der Waals surface area contributed by atoms with Crippen LogP contribution in [0, 0.1) is 6.92 Å². The van der Waals surface area contributed by atoms with Crippen molar-refractivity contribution in [3.05, 3.63) is 102 Å². The minimum atomic E-state index is -0.196. The molecule has 0 unspecified atom stereocenters. The van der Waals surface area contributed by atoms with Crippen molar-refractivity contribution in [1.82, 2.24) is 9.66 Å². The van der Waals surface area contributed by atoms with Gasteiger partial charge >= 0.3 is 0 Å². The maximum atomic E-state index is 13.2. The van der Waals surface area contributed by atoms with E-state index in [-0.39, 0.29) is 11.5 Å². The molecular formula is C26H23Br2N3O2. The van der Waals surface area contributed by atoms with Gasteiger partial charge in [-0.15, -0.1) is 0 Å². The summed E-state index contributed by atoms with van der Waals surface area (Å²) >= 11 is 7.01. The zero-order valence-electron chi connectivity index (χ0n) is 18.5. The average molecular weight is 569 g/mol. The van der Waals surface area contributed by atoms with E-state index < -0.39 is 0 Å². The van der Waals surface area contributed by atoms with Crippen LogP contribution in [0.3, 0.4) is 0 Å². The second-order valence-electron chi connectivity index (χ2n) is 8.12. The van der Waals surface area contributed by atoms with E-state index in [1.165, 1.54) is 10.2 Å². The Morgan fingerprint density at radius 3 is 2.64 bits per heavy atom. The standard InChI is InChI=1S/C26H23Br2N3O2/c1-16(2)25-30-23-9-8-20(27)13-21(23)26(32)31(25)29-14-18-7-10-24(22(28)12-18)33-15-19-6-4-5-17(3)11-19/h4-14,16H,15H2,1-3H3. The van der Waals surface area contributed by atoms with Gasteiger partial charge in [0.15, 0.2) is 0 Å². The number of aromatic nitrogens is 2. The second-order valence-corrected chi connectivity index (χ2v) is 9.89. The molecule has 0 saturated heterocycles. The highest BCUT2D eigenvalue weighted by Crippen LogP contribution is 2.26. The molecule has 0 bridgehead atoms. The van der Waals surface area contributed by atoms with Gasteiger partial charge in [-0.3, -0.25) is 4.79 Å². The van der Waals surface area contributed by atoms with Crippen LogP contribution in [0.15, 0.2) is 79.5 Å². The first-order chi connectivity index (χ1) is 15.8. The Kier molecular flexibility index (Phi) is 7.10. The first-order valence-corrected chi connectivity index (χ1v) is 12.1. The van der Waals surface area contributed by atoms with Crippen molar-refractivity contribution in [3.63, 3.8) is 0 Å². The van der Waals surface area contributed by atoms with Gasteiger partial charge in [-0.2, -0.15) is 9.78 Å². The van der Waals surface area contributed by atoms with Crippen LogP contribution >= 0.6 is 31.9 Å². The van der Waals surface area contributed by atoms with Gasteiger partial charge in [-0.1, -0.05) is 59.6 Å². The normalized spacial score (nSPS) is 11.6. The van der Waals surface area contributed by atoms with E-state index >= 15 is 0 Å². The van der Waals surface area contributed by atoms with Gasteiger partial charge in [0.25, 0.3) is 5.56 Å². The van der Waals surface area contributed by atoms with Crippen LogP contribution in [0.25, 0.3) is 10.9 Å². The van der Waals surface area contributed by atoms with E-state index in [1.807, 2.05) is 56.3 Å². The van der Waals surface area contributed by atoms with E-state index in [2.05, 4.69) is 61.0 Å². The van der Waals surface area contributed by atoms with Crippen LogP contribution in [-0.4, -0.2) is 15.9 Å².